The Labute approximate surface area is 192 Å². The van der Waals surface area contributed by atoms with Crippen molar-refractivity contribution >= 4 is 5.91 Å². The van der Waals surface area contributed by atoms with Crippen LogP contribution < -0.4 is 0 Å². The highest BCUT2D eigenvalue weighted by atomic mass is 19.4. The van der Waals surface area contributed by atoms with Gasteiger partial charge in [0.25, 0.3) is 5.91 Å². The van der Waals surface area contributed by atoms with Crippen molar-refractivity contribution in [1.29, 1.82) is 0 Å². The van der Waals surface area contributed by atoms with Gasteiger partial charge in [-0.2, -0.15) is 26.3 Å². The fourth-order valence-electron chi connectivity index (χ4n) is 3.44. The predicted molar refractivity (Wildman–Crippen MR) is 113 cm³/mol. The van der Waals surface area contributed by atoms with Crippen LogP contribution in [0.5, 0.6) is 0 Å². The maximum atomic E-state index is 13.3. The molecule has 182 valence electrons. The van der Waals surface area contributed by atoms with E-state index in [9.17, 15) is 31.1 Å². The Kier molecular flexibility index (Phi) is 7.71. The summed E-state index contributed by atoms with van der Waals surface area (Å²) in [5, 5.41) is 0. The van der Waals surface area contributed by atoms with Crippen LogP contribution in [-0.4, -0.2) is 35.6 Å². The van der Waals surface area contributed by atoms with Crippen LogP contribution in [0.1, 0.15) is 32.7 Å². The highest BCUT2D eigenvalue weighted by Crippen LogP contribution is 2.36. The van der Waals surface area contributed by atoms with Crippen molar-refractivity contribution < 1.29 is 35.9 Å². The third kappa shape index (κ3) is 6.40. The quantitative estimate of drug-likeness (QED) is 0.375. The lowest BCUT2D eigenvalue weighted by Gasteiger charge is -2.24. The highest BCUT2D eigenvalue weighted by molar-refractivity contribution is 5.94. The van der Waals surface area contributed by atoms with E-state index in [0.717, 1.165) is 5.56 Å². The highest BCUT2D eigenvalue weighted by Gasteiger charge is 2.38. The molecule has 1 amide bonds. The van der Waals surface area contributed by atoms with Crippen LogP contribution in [0.4, 0.5) is 26.3 Å². The number of rotatable bonds is 8. The number of ether oxygens (including phenoxy) is 1. The summed E-state index contributed by atoms with van der Waals surface area (Å²) < 4.78 is 86.4. The van der Waals surface area contributed by atoms with E-state index in [2.05, 4.69) is 0 Å². The fourth-order valence-corrected chi connectivity index (χ4v) is 3.44. The van der Waals surface area contributed by atoms with Gasteiger partial charge in [-0.3, -0.25) is 4.79 Å². The van der Waals surface area contributed by atoms with Gasteiger partial charge in [-0.05, 0) is 35.9 Å². The number of hydrogen-bond acceptors (Lipinski definition) is 2. The molecule has 0 saturated heterocycles. The van der Waals surface area contributed by atoms with E-state index in [1.807, 2.05) is 34.9 Å². The average Bonchev–Trinajstić information content (AvgIpc) is 3.21. The largest absolute Gasteiger partial charge is 0.416 e. The Morgan fingerprint density at radius 1 is 0.912 bits per heavy atom. The summed E-state index contributed by atoms with van der Waals surface area (Å²) >= 11 is 0. The van der Waals surface area contributed by atoms with Gasteiger partial charge in [-0.15, -0.1) is 0 Å². The zero-order valence-electron chi connectivity index (χ0n) is 18.2. The van der Waals surface area contributed by atoms with Gasteiger partial charge in [-0.1, -0.05) is 30.3 Å². The van der Waals surface area contributed by atoms with E-state index in [1.165, 1.54) is 12.0 Å². The lowest BCUT2D eigenvalue weighted by Crippen LogP contribution is -2.34. The zero-order valence-corrected chi connectivity index (χ0v) is 18.2. The molecule has 0 radical (unpaired) electrons. The van der Waals surface area contributed by atoms with Crippen LogP contribution in [0.15, 0.2) is 66.9 Å². The van der Waals surface area contributed by atoms with Gasteiger partial charge in [0.05, 0.1) is 24.3 Å². The first kappa shape index (κ1) is 25.4. The first-order valence-corrected chi connectivity index (χ1v) is 10.2. The van der Waals surface area contributed by atoms with Crippen LogP contribution in [-0.2, 0) is 30.2 Å². The van der Waals surface area contributed by atoms with Crippen molar-refractivity contribution in [3.63, 3.8) is 0 Å². The minimum Gasteiger partial charge on any atom is -0.383 e. The number of aromatic nitrogens is 1. The second-order valence-electron chi connectivity index (χ2n) is 7.63. The number of halogens is 6. The molecule has 34 heavy (non-hydrogen) atoms. The van der Waals surface area contributed by atoms with E-state index in [0.29, 0.717) is 24.4 Å². The van der Waals surface area contributed by atoms with Gasteiger partial charge in [-0.25, -0.2) is 0 Å². The molecule has 1 aromatic heterocycles. The van der Waals surface area contributed by atoms with Crippen LogP contribution >= 0.6 is 0 Å². The smallest absolute Gasteiger partial charge is 0.383 e. The van der Waals surface area contributed by atoms with Crippen molar-refractivity contribution in [1.82, 2.24) is 9.47 Å². The molecule has 0 unspecified atom stereocenters. The number of amides is 1. The maximum absolute atomic E-state index is 13.3. The molecule has 0 N–H and O–H groups in total. The molecule has 0 atom stereocenters. The maximum Gasteiger partial charge on any atom is 0.416 e. The number of methoxy groups -OCH3 is 1. The van der Waals surface area contributed by atoms with Gasteiger partial charge in [0.15, 0.2) is 0 Å². The van der Waals surface area contributed by atoms with Crippen molar-refractivity contribution in [2.75, 3.05) is 20.3 Å². The molecule has 1 heterocycles. The van der Waals surface area contributed by atoms with Gasteiger partial charge >= 0.3 is 12.4 Å². The van der Waals surface area contributed by atoms with Gasteiger partial charge < -0.3 is 14.2 Å². The summed E-state index contributed by atoms with van der Waals surface area (Å²) in [6.45, 7) is 0.483. The van der Waals surface area contributed by atoms with Crippen molar-refractivity contribution in [2.24, 2.45) is 0 Å². The molecular formula is C24H22F6N2O2. The molecule has 0 bridgehead atoms. The summed E-state index contributed by atoms with van der Waals surface area (Å²) in [6.07, 6.45) is -8.30. The Bertz CT molecular complexity index is 1070. The third-order valence-electron chi connectivity index (χ3n) is 5.16. The summed E-state index contributed by atoms with van der Waals surface area (Å²) in [5.74, 6) is -0.957. The summed E-state index contributed by atoms with van der Waals surface area (Å²) in [4.78, 5) is 14.3. The van der Waals surface area contributed by atoms with E-state index >= 15 is 0 Å². The molecule has 0 saturated carbocycles. The summed E-state index contributed by atoms with van der Waals surface area (Å²) in [7, 11) is 1.38. The van der Waals surface area contributed by atoms with E-state index in [4.69, 9.17) is 4.74 Å². The van der Waals surface area contributed by atoms with E-state index in [-0.39, 0.29) is 25.8 Å². The van der Waals surface area contributed by atoms with Crippen LogP contribution in [0.25, 0.3) is 0 Å². The fraction of sp³-hybridized carbons (Fsp3) is 0.292. The lowest BCUT2D eigenvalue weighted by atomic mass is 10.0. The molecule has 0 aliphatic rings. The average molecular weight is 484 g/mol. The Morgan fingerprint density at radius 2 is 1.53 bits per heavy atom. The number of nitrogens with zero attached hydrogens (tertiary/aromatic N) is 2. The summed E-state index contributed by atoms with van der Waals surface area (Å²) in [6, 6.07) is 13.8. The van der Waals surface area contributed by atoms with Crippen LogP contribution in [0.3, 0.4) is 0 Å². The number of carbonyl (C=O) groups excluding carboxylic acids is 1. The van der Waals surface area contributed by atoms with E-state index < -0.39 is 35.0 Å². The molecule has 10 heteroatoms. The minimum absolute atomic E-state index is 0.00128. The Morgan fingerprint density at radius 3 is 2.09 bits per heavy atom. The van der Waals surface area contributed by atoms with Crippen molar-refractivity contribution in [3.05, 3.63) is 94.8 Å². The van der Waals surface area contributed by atoms with Crippen molar-refractivity contribution in [3.8, 4) is 0 Å². The number of carbonyl (C=O) groups is 1. The topological polar surface area (TPSA) is 34.5 Å². The standard InChI is InChI=1S/C24H22F6N2O2/c1-34-11-10-32(16-21-8-5-9-31(21)15-17-6-3-2-4-7-17)22(33)18-12-19(23(25,26)27)14-20(13-18)24(28,29)30/h2-9,12-14H,10-11,15-16H2,1H3. The molecule has 3 rings (SSSR count). The van der Waals surface area contributed by atoms with Gasteiger partial charge in [0.1, 0.15) is 0 Å². The van der Waals surface area contributed by atoms with Crippen LogP contribution in [0, 0.1) is 0 Å². The normalized spacial score (nSPS) is 12.1. The Balaban J connectivity index is 1.94. The molecular weight excluding hydrogens is 462 g/mol. The molecule has 0 aliphatic heterocycles. The first-order valence-electron chi connectivity index (χ1n) is 10.2. The molecule has 2 aromatic carbocycles. The van der Waals surface area contributed by atoms with E-state index in [1.54, 1.807) is 18.3 Å². The monoisotopic (exact) mass is 484 g/mol. The second-order valence-corrected chi connectivity index (χ2v) is 7.63. The first-order chi connectivity index (χ1) is 16.0. The molecule has 0 spiro atoms. The summed E-state index contributed by atoms with van der Waals surface area (Å²) in [5.41, 5.74) is -2.12. The minimum atomic E-state index is -5.04. The molecule has 3 aromatic rings. The van der Waals surface area contributed by atoms with Crippen LogP contribution in [0.2, 0.25) is 0 Å². The SMILES string of the molecule is COCCN(Cc1cccn1Cc1ccccc1)C(=O)c1cc(C(F)(F)F)cc(C(F)(F)F)c1. The van der Waals surface area contributed by atoms with Crippen molar-refractivity contribution in [2.45, 2.75) is 25.4 Å². The zero-order chi connectivity index (χ0) is 24.9. The van der Waals surface area contributed by atoms with Gasteiger partial charge in [0.2, 0.25) is 0 Å². The second kappa shape index (κ2) is 10.3. The third-order valence-corrected chi connectivity index (χ3v) is 5.16. The lowest BCUT2D eigenvalue weighted by molar-refractivity contribution is -0.143. The molecule has 4 nitrogen and oxygen atoms in total. The number of benzene rings is 2. The van der Waals surface area contributed by atoms with Gasteiger partial charge in [0, 0.05) is 37.7 Å². The molecule has 0 fully saturated rings. The number of alkyl halides is 6. The Hall–Kier alpha value is -3.27. The molecule has 0 aliphatic carbocycles. The predicted octanol–water partition coefficient (Wildman–Crippen LogP) is 5.86. The number of hydrogen-bond donors (Lipinski definition) is 0.